The summed E-state index contributed by atoms with van der Waals surface area (Å²) in [7, 11) is 2.24. The molecule has 0 radical (unpaired) electrons. The summed E-state index contributed by atoms with van der Waals surface area (Å²) in [4.78, 5) is 25.5. The standard InChI is InChI=1S/C25H30N8O/c1-17-11-18(3-4-23(17)33-16-19-12-20(33)15-31(19)2)29-25-26-6-5-21(30-25)22-13-28-24(14-27-22)32-7-9-34-10-8-32/h3-6,11,13-14,19-20H,7-10,12,15-16H2,1-2H3,(H,26,29,30)/t19-,20-/m0/s1. The molecule has 3 saturated heterocycles. The zero-order chi connectivity index (χ0) is 23.1. The first-order chi connectivity index (χ1) is 16.6. The molecule has 9 nitrogen and oxygen atoms in total. The second-order valence-electron chi connectivity index (χ2n) is 9.39. The molecule has 176 valence electrons. The van der Waals surface area contributed by atoms with Crippen LogP contribution in [0.25, 0.3) is 11.4 Å². The van der Waals surface area contributed by atoms with Gasteiger partial charge < -0.3 is 19.9 Å². The van der Waals surface area contributed by atoms with Crippen LogP contribution in [0.2, 0.25) is 0 Å². The fourth-order valence-corrected chi connectivity index (χ4v) is 5.32. The van der Waals surface area contributed by atoms with Gasteiger partial charge in [-0.1, -0.05) is 0 Å². The van der Waals surface area contributed by atoms with E-state index in [1.807, 2.05) is 6.07 Å². The Morgan fingerprint density at radius 3 is 2.56 bits per heavy atom. The molecule has 2 atom stereocenters. The summed E-state index contributed by atoms with van der Waals surface area (Å²) in [5, 5.41) is 3.36. The molecule has 0 unspecified atom stereocenters. The highest BCUT2D eigenvalue weighted by atomic mass is 16.5. The SMILES string of the molecule is Cc1cc(Nc2nccc(-c3cnc(N4CCOCC4)cn3)n2)ccc1N1C[C@@H]2C[C@H]1CN2C. The predicted octanol–water partition coefficient (Wildman–Crippen LogP) is 2.71. The van der Waals surface area contributed by atoms with Crippen LogP contribution in [0.15, 0.2) is 42.9 Å². The van der Waals surface area contributed by atoms with Crippen molar-refractivity contribution in [1.82, 2.24) is 24.8 Å². The molecule has 3 aromatic rings. The molecule has 0 aliphatic carbocycles. The number of ether oxygens (including phenoxy) is 1. The Labute approximate surface area is 199 Å². The van der Waals surface area contributed by atoms with Crippen molar-refractivity contribution in [2.45, 2.75) is 25.4 Å². The Bertz CT molecular complexity index is 1160. The van der Waals surface area contributed by atoms with Gasteiger partial charge in [0.05, 0.1) is 31.3 Å². The normalized spacial score (nSPS) is 22.4. The third kappa shape index (κ3) is 4.05. The summed E-state index contributed by atoms with van der Waals surface area (Å²) in [5.74, 6) is 1.42. The minimum atomic E-state index is 0.547. The summed E-state index contributed by atoms with van der Waals surface area (Å²) in [6.07, 6.45) is 6.60. The number of anilines is 4. The van der Waals surface area contributed by atoms with Crippen LogP contribution in [0, 0.1) is 6.92 Å². The van der Waals surface area contributed by atoms with E-state index in [1.54, 1.807) is 18.6 Å². The van der Waals surface area contributed by atoms with Crippen LogP contribution in [-0.4, -0.2) is 83.4 Å². The van der Waals surface area contributed by atoms with Crippen LogP contribution in [0.1, 0.15) is 12.0 Å². The topological polar surface area (TPSA) is 82.5 Å². The number of nitrogens with one attached hydrogen (secondary N) is 1. The van der Waals surface area contributed by atoms with Gasteiger partial charge in [-0.2, -0.15) is 0 Å². The first kappa shape index (κ1) is 21.2. The number of hydrogen-bond acceptors (Lipinski definition) is 9. The number of fused-ring (bicyclic) bond motifs is 2. The molecule has 9 heteroatoms. The Morgan fingerprint density at radius 1 is 0.971 bits per heavy atom. The zero-order valence-corrected chi connectivity index (χ0v) is 19.7. The number of piperazine rings is 1. The van der Waals surface area contributed by atoms with E-state index in [0.29, 0.717) is 18.0 Å². The third-order valence-corrected chi connectivity index (χ3v) is 7.17. The molecule has 1 N–H and O–H groups in total. The number of benzene rings is 1. The molecule has 0 saturated carbocycles. The molecule has 1 aromatic carbocycles. The van der Waals surface area contributed by atoms with Gasteiger partial charge in [0, 0.05) is 55.8 Å². The van der Waals surface area contributed by atoms with Crippen molar-refractivity contribution >= 4 is 23.1 Å². The summed E-state index contributed by atoms with van der Waals surface area (Å²) < 4.78 is 5.41. The number of hydrogen-bond donors (Lipinski definition) is 1. The van der Waals surface area contributed by atoms with Crippen LogP contribution in [0.5, 0.6) is 0 Å². The monoisotopic (exact) mass is 458 g/mol. The van der Waals surface area contributed by atoms with Crippen molar-refractivity contribution in [3.05, 3.63) is 48.4 Å². The number of nitrogens with zero attached hydrogens (tertiary/aromatic N) is 7. The summed E-state index contributed by atoms with van der Waals surface area (Å²) >= 11 is 0. The first-order valence-electron chi connectivity index (χ1n) is 12.0. The maximum Gasteiger partial charge on any atom is 0.227 e. The molecule has 2 aromatic heterocycles. The average molecular weight is 459 g/mol. The summed E-state index contributed by atoms with van der Waals surface area (Å²) in [6.45, 7) is 7.57. The van der Waals surface area contributed by atoms with E-state index >= 15 is 0 Å². The summed E-state index contributed by atoms with van der Waals surface area (Å²) in [5.41, 5.74) is 5.04. The molecule has 3 fully saturated rings. The Morgan fingerprint density at radius 2 is 1.85 bits per heavy atom. The van der Waals surface area contributed by atoms with E-state index in [2.05, 4.69) is 72.1 Å². The maximum atomic E-state index is 5.41. The number of likely N-dealkylation sites (tertiary alicyclic amines) is 1. The highest BCUT2D eigenvalue weighted by molar-refractivity contribution is 5.65. The first-order valence-corrected chi connectivity index (χ1v) is 12.0. The van der Waals surface area contributed by atoms with Crippen LogP contribution >= 0.6 is 0 Å². The van der Waals surface area contributed by atoms with Gasteiger partial charge in [-0.15, -0.1) is 0 Å². The molecule has 3 aliphatic rings. The van der Waals surface area contributed by atoms with Gasteiger partial charge in [0.15, 0.2) is 0 Å². The van der Waals surface area contributed by atoms with Gasteiger partial charge in [-0.25, -0.2) is 19.9 Å². The quantitative estimate of drug-likeness (QED) is 0.620. The van der Waals surface area contributed by atoms with Crippen molar-refractivity contribution in [2.75, 3.05) is 61.6 Å². The molecule has 3 aliphatic heterocycles. The van der Waals surface area contributed by atoms with E-state index in [1.165, 1.54) is 17.7 Å². The number of morpholine rings is 1. The van der Waals surface area contributed by atoms with Crippen molar-refractivity contribution in [2.24, 2.45) is 0 Å². The Hall–Kier alpha value is -3.30. The maximum absolute atomic E-state index is 5.41. The fourth-order valence-electron chi connectivity index (χ4n) is 5.32. The summed E-state index contributed by atoms with van der Waals surface area (Å²) in [6, 6.07) is 9.69. The minimum Gasteiger partial charge on any atom is -0.378 e. The third-order valence-electron chi connectivity index (χ3n) is 7.17. The smallest absolute Gasteiger partial charge is 0.227 e. The van der Waals surface area contributed by atoms with Gasteiger partial charge in [0.1, 0.15) is 11.5 Å². The lowest BCUT2D eigenvalue weighted by atomic mass is 10.1. The number of aromatic nitrogens is 4. The van der Waals surface area contributed by atoms with Gasteiger partial charge in [0.25, 0.3) is 0 Å². The second-order valence-corrected chi connectivity index (χ2v) is 9.39. The van der Waals surface area contributed by atoms with E-state index in [4.69, 9.17) is 4.74 Å². The van der Waals surface area contributed by atoms with E-state index in [-0.39, 0.29) is 0 Å². The minimum absolute atomic E-state index is 0.547. The van der Waals surface area contributed by atoms with Crippen LogP contribution < -0.4 is 15.1 Å². The van der Waals surface area contributed by atoms with Crippen molar-refractivity contribution in [3.8, 4) is 11.4 Å². The zero-order valence-electron chi connectivity index (χ0n) is 19.7. The molecule has 2 bridgehead atoms. The molecular formula is C25H30N8O. The lowest BCUT2D eigenvalue weighted by Crippen LogP contribution is -2.44. The highest BCUT2D eigenvalue weighted by Gasteiger charge is 2.41. The molecule has 6 rings (SSSR count). The second kappa shape index (κ2) is 8.81. The highest BCUT2D eigenvalue weighted by Crippen LogP contribution is 2.36. The van der Waals surface area contributed by atoms with Gasteiger partial charge in [0.2, 0.25) is 5.95 Å². The van der Waals surface area contributed by atoms with E-state index in [9.17, 15) is 0 Å². The molecule has 0 spiro atoms. The van der Waals surface area contributed by atoms with Crippen molar-refractivity contribution < 1.29 is 4.74 Å². The van der Waals surface area contributed by atoms with Gasteiger partial charge in [-0.05, 0) is 50.2 Å². The lowest BCUT2D eigenvalue weighted by Gasteiger charge is -2.34. The predicted molar refractivity (Wildman–Crippen MR) is 133 cm³/mol. The largest absolute Gasteiger partial charge is 0.378 e. The van der Waals surface area contributed by atoms with Crippen LogP contribution in [0.4, 0.5) is 23.1 Å². The molecule has 0 amide bonds. The van der Waals surface area contributed by atoms with Crippen molar-refractivity contribution in [1.29, 1.82) is 0 Å². The van der Waals surface area contributed by atoms with Gasteiger partial charge in [-0.3, -0.25) is 4.90 Å². The average Bonchev–Trinajstić information content (AvgIpc) is 3.45. The van der Waals surface area contributed by atoms with Gasteiger partial charge >= 0.3 is 0 Å². The molecule has 34 heavy (non-hydrogen) atoms. The fraction of sp³-hybridized carbons (Fsp3) is 0.440. The number of likely N-dealkylation sites (N-methyl/N-ethyl adjacent to an activating group) is 1. The van der Waals surface area contributed by atoms with E-state index < -0.39 is 0 Å². The Balaban J connectivity index is 1.16. The van der Waals surface area contributed by atoms with Crippen LogP contribution in [0.3, 0.4) is 0 Å². The molecule has 5 heterocycles. The van der Waals surface area contributed by atoms with Crippen molar-refractivity contribution in [3.63, 3.8) is 0 Å². The number of aryl methyl sites for hydroxylation is 1. The Kier molecular flexibility index (Phi) is 5.50. The lowest BCUT2D eigenvalue weighted by molar-refractivity contribution is 0.122. The van der Waals surface area contributed by atoms with Crippen LogP contribution in [-0.2, 0) is 4.74 Å². The molecular weight excluding hydrogens is 428 g/mol. The van der Waals surface area contributed by atoms with E-state index in [0.717, 1.165) is 62.3 Å². The number of rotatable bonds is 5.